The molecule has 9 heteroatoms. The van der Waals surface area contributed by atoms with Crippen LogP contribution in [0.3, 0.4) is 0 Å². The molecule has 0 spiro atoms. The number of rotatable bonds is 6. The molecule has 3 heterocycles. The Morgan fingerprint density at radius 1 is 1.27 bits per heavy atom. The van der Waals surface area contributed by atoms with Crippen LogP contribution in [-0.4, -0.2) is 43.7 Å². The van der Waals surface area contributed by atoms with E-state index in [4.69, 9.17) is 20.9 Å². The van der Waals surface area contributed by atoms with Crippen molar-refractivity contribution >= 4 is 17.5 Å². The first-order valence-corrected chi connectivity index (χ1v) is 10.5. The number of carbonyl (C=O) groups excluding carboxylic acids is 1. The van der Waals surface area contributed by atoms with Gasteiger partial charge in [-0.15, -0.1) is 0 Å². The lowest BCUT2D eigenvalue weighted by atomic mass is 10.0. The van der Waals surface area contributed by atoms with Gasteiger partial charge in [-0.05, 0) is 45.2 Å². The molecule has 8 nitrogen and oxygen atoms in total. The summed E-state index contributed by atoms with van der Waals surface area (Å²) in [6.07, 6.45) is 2.68. The van der Waals surface area contributed by atoms with Gasteiger partial charge in [0.15, 0.2) is 11.8 Å². The minimum absolute atomic E-state index is 0.0326. The lowest BCUT2D eigenvalue weighted by Gasteiger charge is -2.33. The smallest absolute Gasteiger partial charge is 0.261 e. The molecule has 0 radical (unpaired) electrons. The number of hydrogen-bond donors (Lipinski definition) is 0. The molecule has 3 aromatic rings. The van der Waals surface area contributed by atoms with Gasteiger partial charge in [-0.25, -0.2) is 4.98 Å². The number of benzene rings is 1. The number of amides is 1. The number of carbonyl (C=O) groups is 1. The quantitative estimate of drug-likeness (QED) is 0.587. The summed E-state index contributed by atoms with van der Waals surface area (Å²) in [5.41, 5.74) is 0.632. The molecule has 1 fully saturated rings. The van der Waals surface area contributed by atoms with Gasteiger partial charge >= 0.3 is 0 Å². The van der Waals surface area contributed by atoms with Gasteiger partial charge in [0.05, 0.1) is 0 Å². The summed E-state index contributed by atoms with van der Waals surface area (Å²) in [6, 6.07) is 9.03. The highest BCUT2D eigenvalue weighted by Crippen LogP contribution is 2.33. The van der Waals surface area contributed by atoms with Gasteiger partial charge in [0.2, 0.25) is 11.7 Å². The number of ether oxygens (including phenoxy) is 1. The van der Waals surface area contributed by atoms with Crippen LogP contribution < -0.4 is 4.74 Å². The highest BCUT2D eigenvalue weighted by Gasteiger charge is 2.33. The summed E-state index contributed by atoms with van der Waals surface area (Å²) >= 11 is 6.30. The van der Waals surface area contributed by atoms with Crippen molar-refractivity contribution in [1.82, 2.24) is 24.6 Å². The summed E-state index contributed by atoms with van der Waals surface area (Å²) < 4.78 is 13.2. The molecular weight excluding hydrogens is 406 g/mol. The van der Waals surface area contributed by atoms with Crippen LogP contribution >= 0.6 is 11.6 Å². The molecule has 1 atom stereocenters. The predicted octanol–water partition coefficient (Wildman–Crippen LogP) is 4.05. The highest BCUT2D eigenvalue weighted by molar-refractivity contribution is 6.31. The Bertz CT molecular complexity index is 1020. The van der Waals surface area contributed by atoms with Crippen LogP contribution in [0.5, 0.6) is 5.75 Å². The van der Waals surface area contributed by atoms with Crippen LogP contribution in [0.2, 0.25) is 5.15 Å². The number of nitrogens with zero attached hydrogens (tertiary/aromatic N) is 5. The van der Waals surface area contributed by atoms with Crippen LogP contribution in [0.15, 0.2) is 34.9 Å². The molecule has 4 rings (SSSR count). The van der Waals surface area contributed by atoms with Gasteiger partial charge in [-0.3, -0.25) is 4.79 Å². The van der Waals surface area contributed by atoms with Gasteiger partial charge in [-0.1, -0.05) is 35.0 Å². The number of halogens is 1. The van der Waals surface area contributed by atoms with Gasteiger partial charge < -0.3 is 18.7 Å². The standard InChI is InChI=1S/C21H24ClN5O3/c1-3-26-14(2)23-19(22)18(26)20-24-21(30-25-20)16-11-7-8-12-27(16)17(28)13-29-15-9-5-4-6-10-15/h4-6,9-10,16H,3,7-8,11-13H2,1-2H3/t16-/m1/s1. The molecule has 1 aliphatic heterocycles. The van der Waals surface area contributed by atoms with E-state index in [1.807, 2.05) is 48.7 Å². The Labute approximate surface area is 179 Å². The van der Waals surface area contributed by atoms with E-state index >= 15 is 0 Å². The summed E-state index contributed by atoms with van der Waals surface area (Å²) in [4.78, 5) is 23.5. The molecule has 158 valence electrons. The molecule has 0 aliphatic carbocycles. The summed E-state index contributed by atoms with van der Waals surface area (Å²) in [7, 11) is 0. The SMILES string of the molecule is CCn1c(C)nc(Cl)c1-c1noc([C@H]2CCCCN2C(=O)COc2ccccc2)n1. The van der Waals surface area contributed by atoms with Crippen LogP contribution in [0.1, 0.15) is 43.9 Å². The van der Waals surface area contributed by atoms with E-state index < -0.39 is 0 Å². The summed E-state index contributed by atoms with van der Waals surface area (Å²) in [6.45, 7) is 5.18. The molecule has 2 aromatic heterocycles. The lowest BCUT2D eigenvalue weighted by Crippen LogP contribution is -2.41. The molecule has 30 heavy (non-hydrogen) atoms. The van der Waals surface area contributed by atoms with E-state index in [1.54, 1.807) is 4.90 Å². The molecular formula is C21H24ClN5O3. The largest absolute Gasteiger partial charge is 0.484 e. The van der Waals surface area contributed by atoms with Crippen molar-refractivity contribution in [2.75, 3.05) is 13.2 Å². The fourth-order valence-corrected chi connectivity index (χ4v) is 4.14. The van der Waals surface area contributed by atoms with Crippen molar-refractivity contribution in [2.45, 2.75) is 45.7 Å². The maximum atomic E-state index is 12.9. The second kappa shape index (κ2) is 8.87. The van der Waals surface area contributed by atoms with Crippen LogP contribution in [-0.2, 0) is 11.3 Å². The Balaban J connectivity index is 1.53. The van der Waals surface area contributed by atoms with E-state index in [0.717, 1.165) is 25.1 Å². The number of imidazole rings is 1. The minimum Gasteiger partial charge on any atom is -0.484 e. The second-order valence-electron chi connectivity index (χ2n) is 7.20. The fourth-order valence-electron chi connectivity index (χ4n) is 3.83. The maximum Gasteiger partial charge on any atom is 0.261 e. The van der Waals surface area contributed by atoms with Crippen molar-refractivity contribution in [3.8, 4) is 17.3 Å². The zero-order valence-corrected chi connectivity index (χ0v) is 17.8. The average Bonchev–Trinajstić information content (AvgIpc) is 3.36. The predicted molar refractivity (Wildman–Crippen MR) is 111 cm³/mol. The number of para-hydroxylation sites is 1. The zero-order chi connectivity index (χ0) is 21.1. The number of piperidine rings is 1. The second-order valence-corrected chi connectivity index (χ2v) is 7.56. The van der Waals surface area contributed by atoms with E-state index in [-0.39, 0.29) is 18.6 Å². The first-order chi connectivity index (χ1) is 14.6. The zero-order valence-electron chi connectivity index (χ0n) is 17.0. The van der Waals surface area contributed by atoms with Gasteiger partial charge in [0, 0.05) is 13.1 Å². The number of likely N-dealkylation sites (tertiary alicyclic amines) is 1. The molecule has 1 saturated heterocycles. The monoisotopic (exact) mass is 429 g/mol. The Morgan fingerprint density at radius 3 is 2.83 bits per heavy atom. The molecule has 1 aliphatic rings. The molecule has 0 saturated carbocycles. The van der Waals surface area contributed by atoms with Gasteiger partial charge in [-0.2, -0.15) is 4.98 Å². The van der Waals surface area contributed by atoms with E-state index in [0.29, 0.717) is 41.4 Å². The van der Waals surface area contributed by atoms with Crippen molar-refractivity contribution in [3.05, 3.63) is 47.2 Å². The third-order valence-electron chi connectivity index (χ3n) is 5.30. The number of hydrogen-bond acceptors (Lipinski definition) is 6. The fraction of sp³-hybridized carbons (Fsp3) is 0.429. The van der Waals surface area contributed by atoms with E-state index in [1.165, 1.54) is 0 Å². The van der Waals surface area contributed by atoms with Crippen molar-refractivity contribution in [2.24, 2.45) is 0 Å². The molecule has 0 bridgehead atoms. The van der Waals surface area contributed by atoms with Gasteiger partial charge in [0.1, 0.15) is 23.3 Å². The summed E-state index contributed by atoms with van der Waals surface area (Å²) in [5.74, 6) is 2.15. The molecule has 1 aromatic carbocycles. The Morgan fingerprint density at radius 2 is 2.07 bits per heavy atom. The van der Waals surface area contributed by atoms with Crippen molar-refractivity contribution in [1.29, 1.82) is 0 Å². The van der Waals surface area contributed by atoms with Crippen molar-refractivity contribution < 1.29 is 14.1 Å². The molecule has 0 N–H and O–H groups in total. The average molecular weight is 430 g/mol. The summed E-state index contributed by atoms with van der Waals surface area (Å²) in [5, 5.41) is 4.47. The van der Waals surface area contributed by atoms with Crippen LogP contribution in [0.4, 0.5) is 0 Å². The van der Waals surface area contributed by atoms with Crippen LogP contribution in [0.25, 0.3) is 11.5 Å². The molecule has 0 unspecified atom stereocenters. The Kier molecular flexibility index (Phi) is 6.03. The topological polar surface area (TPSA) is 86.3 Å². The van der Waals surface area contributed by atoms with Crippen LogP contribution in [0, 0.1) is 6.92 Å². The van der Waals surface area contributed by atoms with E-state index in [2.05, 4.69) is 15.1 Å². The molecule has 1 amide bonds. The third kappa shape index (κ3) is 4.05. The first-order valence-electron chi connectivity index (χ1n) is 10.1. The normalized spacial score (nSPS) is 16.6. The number of aromatic nitrogens is 4. The Hall–Kier alpha value is -2.87. The third-order valence-corrected chi connectivity index (χ3v) is 5.56. The lowest BCUT2D eigenvalue weighted by molar-refractivity contribution is -0.138. The van der Waals surface area contributed by atoms with Crippen molar-refractivity contribution in [3.63, 3.8) is 0 Å². The van der Waals surface area contributed by atoms with E-state index in [9.17, 15) is 4.79 Å². The highest BCUT2D eigenvalue weighted by atomic mass is 35.5. The number of aryl methyl sites for hydroxylation is 1. The van der Waals surface area contributed by atoms with Gasteiger partial charge in [0.25, 0.3) is 5.91 Å². The maximum absolute atomic E-state index is 12.9. The first kappa shape index (κ1) is 20.4. The minimum atomic E-state index is -0.273.